The van der Waals surface area contributed by atoms with Crippen molar-refractivity contribution in [1.82, 2.24) is 30.2 Å². The molecule has 1 amide bonds. The number of carbonyl (C=O) groups excluding carboxylic acids is 1. The van der Waals surface area contributed by atoms with Gasteiger partial charge in [0.05, 0.1) is 6.20 Å². The molecule has 3 rings (SSSR count). The second kappa shape index (κ2) is 8.09. The quantitative estimate of drug-likeness (QED) is 0.602. The highest BCUT2D eigenvalue weighted by molar-refractivity contribution is 5.91. The van der Waals surface area contributed by atoms with E-state index in [1.807, 2.05) is 21.0 Å². The number of likely N-dealkylation sites (N-methyl/N-ethyl adjacent to an activating group) is 1. The average molecular weight is 360 g/mol. The van der Waals surface area contributed by atoms with E-state index in [1.54, 1.807) is 0 Å². The van der Waals surface area contributed by atoms with Crippen LogP contribution in [0.5, 0.6) is 0 Å². The van der Waals surface area contributed by atoms with Gasteiger partial charge in [-0.05, 0) is 26.9 Å². The largest absolute Gasteiger partial charge is 0.418 e. The molecule has 3 N–H and O–H groups in total. The monoisotopic (exact) mass is 360 g/mol. The maximum absolute atomic E-state index is 12.0. The van der Waals surface area contributed by atoms with E-state index < -0.39 is 0 Å². The molecule has 0 bridgehead atoms. The van der Waals surface area contributed by atoms with E-state index in [9.17, 15) is 4.79 Å². The van der Waals surface area contributed by atoms with Crippen LogP contribution in [0.25, 0.3) is 0 Å². The van der Waals surface area contributed by atoms with Gasteiger partial charge in [0, 0.05) is 25.6 Å². The van der Waals surface area contributed by atoms with Gasteiger partial charge in [0.25, 0.3) is 5.91 Å². The van der Waals surface area contributed by atoms with Crippen LogP contribution in [0.15, 0.2) is 10.6 Å². The Hall–Kier alpha value is -2.75. The number of oxazole rings is 1. The van der Waals surface area contributed by atoms with Crippen LogP contribution < -0.4 is 16.0 Å². The van der Waals surface area contributed by atoms with Crippen LogP contribution in [0.3, 0.4) is 0 Å². The highest BCUT2D eigenvalue weighted by atomic mass is 16.4. The molecule has 26 heavy (non-hydrogen) atoms. The molecule has 1 aliphatic carbocycles. The number of anilines is 3. The number of amides is 1. The fourth-order valence-corrected chi connectivity index (χ4v) is 2.12. The molecule has 140 valence electrons. The minimum Gasteiger partial charge on any atom is -0.418 e. The smallest absolute Gasteiger partial charge is 0.302 e. The lowest BCUT2D eigenvalue weighted by Gasteiger charge is -2.11. The Morgan fingerprint density at radius 2 is 2.04 bits per heavy atom. The van der Waals surface area contributed by atoms with E-state index in [0.29, 0.717) is 30.7 Å². The second-order valence-electron chi connectivity index (χ2n) is 6.38. The molecule has 0 saturated heterocycles. The number of nitrogens with zero attached hydrogens (tertiary/aromatic N) is 5. The van der Waals surface area contributed by atoms with Crippen molar-refractivity contribution in [1.29, 1.82) is 0 Å². The first kappa shape index (κ1) is 18.1. The van der Waals surface area contributed by atoms with Crippen molar-refractivity contribution in [2.24, 2.45) is 0 Å². The average Bonchev–Trinajstić information content (AvgIpc) is 3.29. The minimum absolute atomic E-state index is 0.161. The highest BCUT2D eigenvalue weighted by Crippen LogP contribution is 2.20. The van der Waals surface area contributed by atoms with Crippen LogP contribution in [0.2, 0.25) is 0 Å². The molecule has 10 nitrogen and oxygen atoms in total. The summed E-state index contributed by atoms with van der Waals surface area (Å²) in [5.41, 5.74) is 0. The highest BCUT2D eigenvalue weighted by Gasteiger charge is 2.25. The molecular weight excluding hydrogens is 336 g/mol. The van der Waals surface area contributed by atoms with Gasteiger partial charge in [-0.15, -0.1) is 0 Å². The third-order valence-corrected chi connectivity index (χ3v) is 3.70. The fraction of sp³-hybridized carbons (Fsp3) is 0.562. The van der Waals surface area contributed by atoms with Crippen LogP contribution in [0.1, 0.15) is 36.1 Å². The molecule has 0 unspecified atom stereocenters. The number of aryl methyl sites for hydroxylation is 1. The standard InChI is InChI=1S/C16H24N8O2/c1-4-12-20-14(17-7-8-24(2)3)22-15(21-12)23-16-18-9-11(26-16)13(25)19-10-5-6-10/h9-10H,4-8H2,1-3H3,(H,19,25)(H2,17,18,20,21,22,23). The molecule has 10 heteroatoms. The molecule has 0 aromatic carbocycles. The molecule has 1 aliphatic rings. The zero-order valence-corrected chi connectivity index (χ0v) is 15.2. The summed E-state index contributed by atoms with van der Waals surface area (Å²) < 4.78 is 5.44. The summed E-state index contributed by atoms with van der Waals surface area (Å²) >= 11 is 0. The lowest BCUT2D eigenvalue weighted by molar-refractivity contribution is 0.0924. The van der Waals surface area contributed by atoms with Gasteiger partial charge in [0.15, 0.2) is 0 Å². The topological polar surface area (TPSA) is 121 Å². The van der Waals surface area contributed by atoms with E-state index in [4.69, 9.17) is 4.42 Å². The second-order valence-corrected chi connectivity index (χ2v) is 6.38. The van der Waals surface area contributed by atoms with Gasteiger partial charge in [-0.2, -0.15) is 15.0 Å². The van der Waals surface area contributed by atoms with E-state index in [2.05, 4.69) is 40.8 Å². The molecule has 2 aromatic heterocycles. The molecule has 2 aromatic rings. The van der Waals surface area contributed by atoms with Crippen molar-refractivity contribution in [3.05, 3.63) is 17.8 Å². The van der Waals surface area contributed by atoms with Crippen LogP contribution in [-0.4, -0.2) is 64.0 Å². The molecular formula is C16H24N8O2. The summed E-state index contributed by atoms with van der Waals surface area (Å²) in [6.07, 6.45) is 4.08. The SMILES string of the molecule is CCc1nc(NCCN(C)C)nc(Nc2ncc(C(=O)NC3CC3)o2)n1. The van der Waals surface area contributed by atoms with Crippen molar-refractivity contribution in [2.75, 3.05) is 37.8 Å². The van der Waals surface area contributed by atoms with Crippen molar-refractivity contribution in [3.63, 3.8) is 0 Å². The van der Waals surface area contributed by atoms with Gasteiger partial charge in [0.2, 0.25) is 17.7 Å². The summed E-state index contributed by atoms with van der Waals surface area (Å²) in [5, 5.41) is 8.91. The van der Waals surface area contributed by atoms with E-state index in [0.717, 1.165) is 19.4 Å². The third-order valence-electron chi connectivity index (χ3n) is 3.70. The predicted molar refractivity (Wildman–Crippen MR) is 96.5 cm³/mol. The van der Waals surface area contributed by atoms with Gasteiger partial charge in [0.1, 0.15) is 5.82 Å². The molecule has 0 spiro atoms. The van der Waals surface area contributed by atoms with E-state index >= 15 is 0 Å². The Bertz CT molecular complexity index is 756. The Kier molecular flexibility index (Phi) is 5.61. The summed E-state index contributed by atoms with van der Waals surface area (Å²) in [5.74, 6) is 1.35. The van der Waals surface area contributed by atoms with Gasteiger partial charge >= 0.3 is 6.01 Å². The lowest BCUT2D eigenvalue weighted by Crippen LogP contribution is -2.24. The van der Waals surface area contributed by atoms with Crippen molar-refractivity contribution in [3.8, 4) is 0 Å². The van der Waals surface area contributed by atoms with Gasteiger partial charge < -0.3 is 20.0 Å². The first-order valence-electron chi connectivity index (χ1n) is 8.70. The first-order chi connectivity index (χ1) is 12.5. The number of nitrogens with one attached hydrogen (secondary N) is 3. The summed E-state index contributed by atoms with van der Waals surface area (Å²) in [7, 11) is 4.00. The molecule has 0 atom stereocenters. The fourth-order valence-electron chi connectivity index (χ4n) is 2.12. The first-order valence-corrected chi connectivity index (χ1v) is 8.70. The Morgan fingerprint density at radius 1 is 1.27 bits per heavy atom. The predicted octanol–water partition coefficient (Wildman–Crippen LogP) is 1.03. The molecule has 1 fully saturated rings. The zero-order chi connectivity index (χ0) is 18.5. The van der Waals surface area contributed by atoms with Gasteiger partial charge in [-0.25, -0.2) is 4.98 Å². The normalized spacial score (nSPS) is 13.7. The number of hydrogen-bond acceptors (Lipinski definition) is 9. The van der Waals surface area contributed by atoms with Gasteiger partial charge in [-0.3, -0.25) is 10.1 Å². The zero-order valence-electron chi connectivity index (χ0n) is 15.2. The maximum atomic E-state index is 12.0. The summed E-state index contributed by atoms with van der Waals surface area (Å²) in [4.78, 5) is 31.1. The summed E-state index contributed by atoms with van der Waals surface area (Å²) in [6.45, 7) is 3.54. The summed E-state index contributed by atoms with van der Waals surface area (Å²) in [6, 6.07) is 0.425. The van der Waals surface area contributed by atoms with Crippen LogP contribution >= 0.6 is 0 Å². The minimum atomic E-state index is -0.260. The van der Waals surface area contributed by atoms with Crippen molar-refractivity contribution in [2.45, 2.75) is 32.2 Å². The number of carbonyl (C=O) groups is 1. The van der Waals surface area contributed by atoms with Crippen LogP contribution in [0, 0.1) is 0 Å². The van der Waals surface area contributed by atoms with Crippen LogP contribution in [0.4, 0.5) is 17.9 Å². The van der Waals surface area contributed by atoms with Crippen molar-refractivity contribution >= 4 is 23.8 Å². The number of hydrogen-bond donors (Lipinski definition) is 3. The lowest BCUT2D eigenvalue weighted by atomic mass is 10.4. The van der Waals surface area contributed by atoms with E-state index in [1.165, 1.54) is 6.20 Å². The number of aromatic nitrogens is 4. The van der Waals surface area contributed by atoms with Gasteiger partial charge in [-0.1, -0.05) is 6.92 Å². The van der Waals surface area contributed by atoms with Crippen molar-refractivity contribution < 1.29 is 9.21 Å². The Labute approximate surface area is 151 Å². The molecule has 0 radical (unpaired) electrons. The Morgan fingerprint density at radius 3 is 2.73 bits per heavy atom. The molecule has 2 heterocycles. The Balaban J connectivity index is 1.66. The maximum Gasteiger partial charge on any atom is 0.302 e. The third kappa shape index (κ3) is 5.12. The molecule has 1 saturated carbocycles. The number of rotatable bonds is 9. The van der Waals surface area contributed by atoms with Crippen LogP contribution in [-0.2, 0) is 6.42 Å². The van der Waals surface area contributed by atoms with E-state index in [-0.39, 0.29) is 23.7 Å². The molecule has 0 aliphatic heterocycles.